The van der Waals surface area contributed by atoms with Crippen LogP contribution < -0.4 is 5.32 Å². The number of nitrogens with zero attached hydrogens (tertiary/aromatic N) is 1. The maximum absolute atomic E-state index is 13.9. The van der Waals surface area contributed by atoms with Gasteiger partial charge in [-0.3, -0.25) is 9.78 Å². The number of esters is 1. The molecule has 1 amide bonds. The van der Waals surface area contributed by atoms with E-state index in [9.17, 15) is 35.9 Å². The minimum atomic E-state index is -6.07. The third kappa shape index (κ3) is 4.98. The number of rotatable bonds is 5. The van der Waals surface area contributed by atoms with Crippen molar-refractivity contribution in [3.8, 4) is 0 Å². The second-order valence-electron chi connectivity index (χ2n) is 6.85. The molecule has 0 radical (unpaired) electrons. The second kappa shape index (κ2) is 9.34. The standard InChI is InChI=1S/C22H13ClF6N2O3/c23-16-7-3-13(4-8-16)18(32)31-17-9-5-15(6-10-17)20(21(24,25)26,22(27,28)29)34-19(33)14-2-1-11-30-12-14/h1-12H,(H,31,32). The maximum atomic E-state index is 13.9. The van der Waals surface area contributed by atoms with Gasteiger partial charge < -0.3 is 10.1 Å². The van der Waals surface area contributed by atoms with Crippen LogP contribution in [0.1, 0.15) is 26.3 Å². The Labute approximate surface area is 193 Å². The van der Waals surface area contributed by atoms with E-state index in [4.69, 9.17) is 11.6 Å². The number of benzene rings is 2. The molecule has 0 bridgehead atoms. The Kier molecular flexibility index (Phi) is 6.87. The van der Waals surface area contributed by atoms with E-state index in [1.807, 2.05) is 0 Å². The maximum Gasteiger partial charge on any atom is 0.442 e. The number of ether oxygens (including phenoxy) is 1. The minimum Gasteiger partial charge on any atom is -0.431 e. The summed E-state index contributed by atoms with van der Waals surface area (Å²) in [5, 5.41) is 2.70. The molecule has 0 atom stereocenters. The first kappa shape index (κ1) is 25.0. The first-order chi connectivity index (χ1) is 15.8. The number of halogens is 7. The van der Waals surface area contributed by atoms with Crippen LogP contribution in [0.25, 0.3) is 0 Å². The second-order valence-corrected chi connectivity index (χ2v) is 7.28. The summed E-state index contributed by atoms with van der Waals surface area (Å²) >= 11 is 5.73. The van der Waals surface area contributed by atoms with Crippen molar-refractivity contribution in [1.82, 2.24) is 4.98 Å². The van der Waals surface area contributed by atoms with Gasteiger partial charge in [-0.1, -0.05) is 23.7 Å². The van der Waals surface area contributed by atoms with Crippen LogP contribution in [0.2, 0.25) is 5.02 Å². The highest BCUT2D eigenvalue weighted by molar-refractivity contribution is 6.30. The predicted molar refractivity (Wildman–Crippen MR) is 109 cm³/mol. The zero-order valence-electron chi connectivity index (χ0n) is 16.7. The van der Waals surface area contributed by atoms with Crippen LogP contribution in [-0.4, -0.2) is 29.2 Å². The molecular weight excluding hydrogens is 490 g/mol. The van der Waals surface area contributed by atoms with Crippen LogP contribution in [0.5, 0.6) is 0 Å². The smallest absolute Gasteiger partial charge is 0.431 e. The Bertz CT molecular complexity index is 1150. The van der Waals surface area contributed by atoms with Gasteiger partial charge in [0.1, 0.15) is 0 Å². The molecule has 0 aliphatic heterocycles. The third-order valence-electron chi connectivity index (χ3n) is 4.60. The number of hydrogen-bond donors (Lipinski definition) is 1. The molecule has 0 fully saturated rings. The molecule has 0 spiro atoms. The fourth-order valence-electron chi connectivity index (χ4n) is 2.94. The Hall–Kier alpha value is -3.60. The molecule has 3 aromatic rings. The summed E-state index contributed by atoms with van der Waals surface area (Å²) in [5.74, 6) is -2.55. The quantitative estimate of drug-likeness (QED) is 0.335. The number of nitrogens with one attached hydrogen (secondary N) is 1. The van der Waals surface area contributed by atoms with Crippen LogP contribution in [0.4, 0.5) is 32.0 Å². The molecule has 12 heteroatoms. The van der Waals surface area contributed by atoms with E-state index >= 15 is 0 Å². The normalized spacial score (nSPS) is 12.2. The Morgan fingerprint density at radius 3 is 1.91 bits per heavy atom. The Morgan fingerprint density at radius 1 is 0.824 bits per heavy atom. The topological polar surface area (TPSA) is 68.3 Å². The largest absolute Gasteiger partial charge is 0.442 e. The molecule has 0 aliphatic carbocycles. The number of pyridine rings is 1. The number of anilines is 1. The first-order valence-electron chi connectivity index (χ1n) is 9.29. The van der Waals surface area contributed by atoms with E-state index in [1.54, 1.807) is 0 Å². The molecule has 3 rings (SSSR count). The van der Waals surface area contributed by atoms with Crippen molar-refractivity contribution >= 4 is 29.2 Å². The molecule has 2 aromatic carbocycles. The Balaban J connectivity index is 1.97. The predicted octanol–water partition coefficient (Wildman–Crippen LogP) is 6.16. The molecule has 1 N–H and O–H groups in total. The summed E-state index contributed by atoms with van der Waals surface area (Å²) in [5.41, 5.74) is -6.92. The highest BCUT2D eigenvalue weighted by Gasteiger charge is 2.75. The van der Waals surface area contributed by atoms with Crippen molar-refractivity contribution in [2.75, 3.05) is 5.32 Å². The molecule has 0 saturated carbocycles. The van der Waals surface area contributed by atoms with Gasteiger partial charge in [-0.25, -0.2) is 4.79 Å². The van der Waals surface area contributed by atoms with Crippen molar-refractivity contribution < 1.29 is 40.7 Å². The zero-order valence-corrected chi connectivity index (χ0v) is 17.5. The van der Waals surface area contributed by atoms with Crippen LogP contribution in [-0.2, 0) is 10.3 Å². The molecule has 0 unspecified atom stereocenters. The summed E-state index contributed by atoms with van der Waals surface area (Å²) in [4.78, 5) is 27.9. The van der Waals surface area contributed by atoms with E-state index in [-0.39, 0.29) is 11.3 Å². The van der Waals surface area contributed by atoms with Gasteiger partial charge in [0.05, 0.1) is 5.56 Å². The average Bonchev–Trinajstić information content (AvgIpc) is 2.77. The van der Waals surface area contributed by atoms with Crippen LogP contribution in [0.3, 0.4) is 0 Å². The van der Waals surface area contributed by atoms with Gasteiger partial charge in [-0.2, -0.15) is 26.3 Å². The molecular formula is C22H13ClF6N2O3. The third-order valence-corrected chi connectivity index (χ3v) is 4.85. The van der Waals surface area contributed by atoms with E-state index in [1.165, 1.54) is 30.5 Å². The number of carbonyl (C=O) groups excluding carboxylic acids is 2. The molecule has 1 heterocycles. The van der Waals surface area contributed by atoms with Crippen LogP contribution >= 0.6 is 11.6 Å². The molecule has 34 heavy (non-hydrogen) atoms. The highest BCUT2D eigenvalue weighted by Crippen LogP contribution is 2.53. The SMILES string of the molecule is O=C(Nc1ccc(C(OC(=O)c2cccnc2)(C(F)(F)F)C(F)(F)F)cc1)c1ccc(Cl)cc1. The van der Waals surface area contributed by atoms with E-state index < -0.39 is 41.0 Å². The van der Waals surface area contributed by atoms with Gasteiger partial charge in [0.2, 0.25) is 0 Å². The van der Waals surface area contributed by atoms with E-state index in [2.05, 4.69) is 15.0 Å². The van der Waals surface area contributed by atoms with Gasteiger partial charge in [0.15, 0.2) is 0 Å². The lowest BCUT2D eigenvalue weighted by atomic mass is 9.91. The molecule has 0 aliphatic rings. The number of aromatic nitrogens is 1. The lowest BCUT2D eigenvalue weighted by molar-refractivity contribution is -0.373. The number of hydrogen-bond acceptors (Lipinski definition) is 4. The van der Waals surface area contributed by atoms with Crippen molar-refractivity contribution in [2.24, 2.45) is 0 Å². The van der Waals surface area contributed by atoms with Gasteiger partial charge in [0, 0.05) is 34.2 Å². The molecule has 5 nitrogen and oxygen atoms in total. The van der Waals surface area contributed by atoms with Crippen LogP contribution in [0, 0.1) is 0 Å². The van der Waals surface area contributed by atoms with Crippen LogP contribution in [0.15, 0.2) is 73.1 Å². The lowest BCUT2D eigenvalue weighted by Gasteiger charge is -2.36. The van der Waals surface area contributed by atoms with Crippen molar-refractivity contribution in [2.45, 2.75) is 18.0 Å². The number of alkyl halides is 6. The first-order valence-corrected chi connectivity index (χ1v) is 9.67. The van der Waals surface area contributed by atoms with Gasteiger partial charge in [0.25, 0.3) is 5.91 Å². The minimum absolute atomic E-state index is 0.0967. The van der Waals surface area contributed by atoms with Crippen molar-refractivity contribution in [1.29, 1.82) is 0 Å². The van der Waals surface area contributed by atoms with Gasteiger partial charge in [-0.15, -0.1) is 0 Å². The fourth-order valence-corrected chi connectivity index (χ4v) is 3.06. The molecule has 1 aromatic heterocycles. The number of carbonyl (C=O) groups is 2. The van der Waals surface area contributed by atoms with E-state index in [0.717, 1.165) is 30.5 Å². The molecule has 178 valence electrons. The summed E-state index contributed by atoms with van der Waals surface area (Å²) in [6, 6.07) is 10.3. The highest BCUT2D eigenvalue weighted by atomic mass is 35.5. The monoisotopic (exact) mass is 502 g/mol. The zero-order chi connectivity index (χ0) is 25.1. The number of amides is 1. The van der Waals surface area contributed by atoms with Crippen molar-refractivity contribution in [3.63, 3.8) is 0 Å². The molecule has 0 saturated heterocycles. The lowest BCUT2D eigenvalue weighted by Crippen LogP contribution is -2.56. The van der Waals surface area contributed by atoms with Gasteiger partial charge >= 0.3 is 23.9 Å². The summed E-state index contributed by atoms with van der Waals surface area (Å²) < 4.78 is 87.5. The van der Waals surface area contributed by atoms with Crippen molar-refractivity contribution in [3.05, 3.63) is 94.8 Å². The summed E-state index contributed by atoms with van der Waals surface area (Å²) in [6.45, 7) is 0. The average molecular weight is 503 g/mol. The van der Waals surface area contributed by atoms with E-state index in [0.29, 0.717) is 17.2 Å². The summed E-state index contributed by atoms with van der Waals surface area (Å²) in [6.07, 6.45) is -10.2. The Morgan fingerprint density at radius 2 is 1.41 bits per heavy atom. The van der Waals surface area contributed by atoms with Gasteiger partial charge in [-0.05, 0) is 48.5 Å². The fraction of sp³-hybridized carbons (Fsp3) is 0.136. The summed E-state index contributed by atoms with van der Waals surface area (Å²) in [7, 11) is 0.